The van der Waals surface area contributed by atoms with E-state index in [1.54, 1.807) is 17.8 Å². The molecule has 3 aromatic carbocycles. The molecule has 0 spiro atoms. The summed E-state index contributed by atoms with van der Waals surface area (Å²) in [5, 5.41) is 14.0. The van der Waals surface area contributed by atoms with Crippen LogP contribution in [0.4, 0.5) is 5.13 Å². The third kappa shape index (κ3) is 5.10. The highest BCUT2D eigenvalue weighted by molar-refractivity contribution is 8.00. The molecule has 0 fully saturated rings. The number of amides is 1. The molecule has 6 heteroatoms. The molecule has 0 unspecified atom stereocenters. The fourth-order valence-corrected chi connectivity index (χ4v) is 4.63. The lowest BCUT2D eigenvalue weighted by molar-refractivity contribution is -0.111. The van der Waals surface area contributed by atoms with E-state index in [1.807, 2.05) is 37.3 Å². The number of fused-ring (bicyclic) bond motifs is 1. The van der Waals surface area contributed by atoms with E-state index in [0.29, 0.717) is 5.13 Å². The van der Waals surface area contributed by atoms with Crippen LogP contribution in [0, 0.1) is 6.92 Å². The smallest absolute Gasteiger partial charge is 0.250 e. The fourth-order valence-electron chi connectivity index (χ4n) is 2.87. The van der Waals surface area contributed by atoms with Crippen LogP contribution in [0.3, 0.4) is 0 Å². The van der Waals surface area contributed by atoms with Crippen molar-refractivity contribution in [2.24, 2.45) is 0 Å². The molecule has 0 atom stereocenters. The van der Waals surface area contributed by atoms with E-state index in [2.05, 4.69) is 51.9 Å². The highest BCUT2D eigenvalue weighted by atomic mass is 32.2. The first kappa shape index (κ1) is 19.4. The van der Waals surface area contributed by atoms with Gasteiger partial charge in [0, 0.05) is 11.8 Å². The summed E-state index contributed by atoms with van der Waals surface area (Å²) in [4.78, 5) is 12.1. The molecule has 1 heterocycles. The topological polar surface area (TPSA) is 54.9 Å². The maximum Gasteiger partial charge on any atom is 0.250 e. The molecule has 0 saturated carbocycles. The zero-order chi connectivity index (χ0) is 20.1. The van der Waals surface area contributed by atoms with Crippen LogP contribution in [-0.2, 0) is 10.5 Å². The van der Waals surface area contributed by atoms with Crippen LogP contribution in [0.2, 0.25) is 0 Å². The van der Waals surface area contributed by atoms with Gasteiger partial charge in [-0.2, -0.15) is 0 Å². The van der Waals surface area contributed by atoms with Crippen LogP contribution in [-0.4, -0.2) is 16.1 Å². The molecule has 0 aliphatic heterocycles. The summed E-state index contributed by atoms with van der Waals surface area (Å²) >= 11 is 3.01. The first-order chi connectivity index (χ1) is 14.2. The summed E-state index contributed by atoms with van der Waals surface area (Å²) < 4.78 is 0.829. The van der Waals surface area contributed by atoms with Crippen molar-refractivity contribution in [2.75, 3.05) is 5.32 Å². The Morgan fingerprint density at radius 3 is 2.69 bits per heavy atom. The van der Waals surface area contributed by atoms with Crippen molar-refractivity contribution in [1.82, 2.24) is 10.2 Å². The number of anilines is 1. The Kier molecular flexibility index (Phi) is 6.03. The Balaban J connectivity index is 1.35. The Labute approximate surface area is 177 Å². The van der Waals surface area contributed by atoms with Gasteiger partial charge < -0.3 is 0 Å². The Morgan fingerprint density at radius 2 is 1.83 bits per heavy atom. The van der Waals surface area contributed by atoms with Crippen LogP contribution < -0.4 is 5.32 Å². The number of rotatable bonds is 6. The molecule has 144 valence electrons. The number of aromatic nitrogens is 2. The zero-order valence-corrected chi connectivity index (χ0v) is 17.5. The number of benzene rings is 3. The average molecular weight is 418 g/mol. The molecule has 29 heavy (non-hydrogen) atoms. The molecule has 4 nitrogen and oxygen atoms in total. The summed E-state index contributed by atoms with van der Waals surface area (Å²) in [5.74, 6) is 0.587. The number of nitrogens with one attached hydrogen (secondary N) is 1. The van der Waals surface area contributed by atoms with E-state index in [4.69, 9.17) is 0 Å². The molecule has 0 aliphatic rings. The van der Waals surface area contributed by atoms with E-state index in [9.17, 15) is 4.79 Å². The van der Waals surface area contributed by atoms with Crippen LogP contribution in [0.15, 0.2) is 77.1 Å². The highest BCUT2D eigenvalue weighted by Gasteiger charge is 2.08. The van der Waals surface area contributed by atoms with Gasteiger partial charge in [0.1, 0.15) is 0 Å². The number of carbonyl (C=O) groups is 1. The molecule has 1 aromatic heterocycles. The summed E-state index contributed by atoms with van der Waals surface area (Å²) in [5.41, 5.74) is 3.43. The number of carbonyl (C=O) groups excluding carboxylic acids is 1. The van der Waals surface area contributed by atoms with E-state index in [0.717, 1.165) is 15.7 Å². The molecule has 1 N–H and O–H groups in total. The second-order valence-corrected chi connectivity index (χ2v) is 8.73. The lowest BCUT2D eigenvalue weighted by Crippen LogP contribution is -2.07. The van der Waals surface area contributed by atoms with Crippen LogP contribution in [0.25, 0.3) is 16.8 Å². The van der Waals surface area contributed by atoms with Crippen molar-refractivity contribution in [1.29, 1.82) is 0 Å². The summed E-state index contributed by atoms with van der Waals surface area (Å²) in [7, 11) is 0. The second kappa shape index (κ2) is 9.03. The predicted octanol–water partition coefficient (Wildman–Crippen LogP) is 5.94. The van der Waals surface area contributed by atoms with E-state index in [1.165, 1.54) is 39.3 Å². The van der Waals surface area contributed by atoms with Gasteiger partial charge in [0.15, 0.2) is 4.34 Å². The van der Waals surface area contributed by atoms with Crippen LogP contribution in [0.1, 0.15) is 16.7 Å². The normalized spacial score (nSPS) is 11.2. The molecule has 4 aromatic rings. The van der Waals surface area contributed by atoms with Gasteiger partial charge >= 0.3 is 0 Å². The van der Waals surface area contributed by atoms with Crippen LogP contribution in [0.5, 0.6) is 0 Å². The summed E-state index contributed by atoms with van der Waals surface area (Å²) in [6, 6.07) is 22.7. The van der Waals surface area contributed by atoms with E-state index >= 15 is 0 Å². The number of nitrogens with zero attached hydrogens (tertiary/aromatic N) is 2. The quantitative estimate of drug-likeness (QED) is 0.239. The van der Waals surface area contributed by atoms with E-state index < -0.39 is 0 Å². The molecule has 4 rings (SSSR count). The van der Waals surface area contributed by atoms with Crippen molar-refractivity contribution < 1.29 is 4.79 Å². The van der Waals surface area contributed by atoms with Crippen molar-refractivity contribution in [3.63, 3.8) is 0 Å². The lowest BCUT2D eigenvalue weighted by Gasteiger charge is -2.04. The van der Waals surface area contributed by atoms with Crippen LogP contribution >= 0.6 is 23.1 Å². The standard InChI is InChI=1S/C23H19N3OS2/c1-16-9-11-17(12-10-16)13-14-21(27)24-22-25-26-23(29-22)28-15-19-7-4-6-18-5-2-3-8-20(18)19/h2-14H,15H2,1H3,(H,24,25,27)/b14-13+. The van der Waals surface area contributed by atoms with Gasteiger partial charge in [-0.05, 0) is 34.9 Å². The van der Waals surface area contributed by atoms with Gasteiger partial charge in [-0.25, -0.2) is 0 Å². The molecular formula is C23H19N3OS2. The Hall–Kier alpha value is -2.96. The molecule has 0 radical (unpaired) electrons. The number of thioether (sulfide) groups is 1. The highest BCUT2D eigenvalue weighted by Crippen LogP contribution is 2.30. The molecule has 0 aliphatic carbocycles. The molecular weight excluding hydrogens is 398 g/mol. The third-order valence-corrected chi connectivity index (χ3v) is 6.39. The third-order valence-electron chi connectivity index (χ3n) is 4.37. The average Bonchev–Trinajstić information content (AvgIpc) is 3.19. The van der Waals surface area contributed by atoms with Gasteiger partial charge in [-0.15, -0.1) is 10.2 Å². The van der Waals surface area contributed by atoms with Crippen molar-refractivity contribution in [3.8, 4) is 0 Å². The first-order valence-electron chi connectivity index (χ1n) is 9.16. The maximum absolute atomic E-state index is 12.1. The van der Waals surface area contributed by atoms with Crippen molar-refractivity contribution in [2.45, 2.75) is 17.0 Å². The SMILES string of the molecule is Cc1ccc(/C=C/C(=O)Nc2nnc(SCc3cccc4ccccc34)s2)cc1. The molecule has 0 bridgehead atoms. The minimum absolute atomic E-state index is 0.215. The van der Waals surface area contributed by atoms with Crippen molar-refractivity contribution >= 4 is 51.0 Å². The minimum atomic E-state index is -0.215. The predicted molar refractivity (Wildman–Crippen MR) is 122 cm³/mol. The fraction of sp³-hybridized carbons (Fsp3) is 0.0870. The number of aryl methyl sites for hydroxylation is 1. The number of hydrogen-bond acceptors (Lipinski definition) is 5. The Bertz CT molecular complexity index is 1160. The molecule has 1 amide bonds. The van der Waals surface area contributed by atoms with Gasteiger partial charge in [0.25, 0.3) is 0 Å². The van der Waals surface area contributed by atoms with Gasteiger partial charge in [0.05, 0.1) is 0 Å². The van der Waals surface area contributed by atoms with Gasteiger partial charge in [0.2, 0.25) is 11.0 Å². The first-order valence-corrected chi connectivity index (χ1v) is 11.0. The van der Waals surface area contributed by atoms with E-state index in [-0.39, 0.29) is 5.91 Å². The number of hydrogen-bond donors (Lipinski definition) is 1. The maximum atomic E-state index is 12.1. The van der Waals surface area contributed by atoms with Crippen molar-refractivity contribution in [3.05, 3.63) is 89.5 Å². The summed E-state index contributed by atoms with van der Waals surface area (Å²) in [6.45, 7) is 2.03. The molecule has 0 saturated heterocycles. The second-order valence-electron chi connectivity index (χ2n) is 6.53. The lowest BCUT2D eigenvalue weighted by atomic mass is 10.1. The zero-order valence-electron chi connectivity index (χ0n) is 15.8. The monoisotopic (exact) mass is 417 g/mol. The largest absolute Gasteiger partial charge is 0.297 e. The van der Waals surface area contributed by atoms with Gasteiger partial charge in [-0.1, -0.05) is 95.4 Å². The summed E-state index contributed by atoms with van der Waals surface area (Å²) in [6.07, 6.45) is 3.29. The van der Waals surface area contributed by atoms with Gasteiger partial charge in [-0.3, -0.25) is 10.1 Å². The Morgan fingerprint density at radius 1 is 1.03 bits per heavy atom. The minimum Gasteiger partial charge on any atom is -0.297 e.